The van der Waals surface area contributed by atoms with E-state index in [1.54, 1.807) is 6.20 Å². The monoisotopic (exact) mass is 473 g/mol. The lowest BCUT2D eigenvalue weighted by Crippen LogP contribution is -2.66. The van der Waals surface area contributed by atoms with Crippen LogP contribution in [0.2, 0.25) is 0 Å². The van der Waals surface area contributed by atoms with E-state index in [1.165, 1.54) is 0 Å². The summed E-state index contributed by atoms with van der Waals surface area (Å²) >= 11 is 0. The minimum atomic E-state index is -0.236. The quantitative estimate of drug-likeness (QED) is 0.415. The molecule has 0 aromatic carbocycles. The molecule has 7 heteroatoms. The number of piperazine rings is 1. The minimum Gasteiger partial charge on any atom is -0.356 e. The average molecular weight is 473 g/mol. The second kappa shape index (κ2) is 9.53. The predicted molar refractivity (Wildman–Crippen MR) is 117 cm³/mol. The molecule has 0 atom stereocenters. The van der Waals surface area contributed by atoms with Gasteiger partial charge in [0.05, 0.1) is 24.3 Å². The topological polar surface area (TPSA) is 60.8 Å². The summed E-state index contributed by atoms with van der Waals surface area (Å²) in [6.45, 7) is 14.8. The van der Waals surface area contributed by atoms with Crippen molar-refractivity contribution < 1.29 is 4.79 Å². The fourth-order valence-electron chi connectivity index (χ4n) is 3.57. The van der Waals surface area contributed by atoms with Crippen LogP contribution in [0.5, 0.6) is 0 Å². The summed E-state index contributed by atoms with van der Waals surface area (Å²) in [5.41, 5.74) is 1.85. The summed E-state index contributed by atoms with van der Waals surface area (Å²) in [7, 11) is 0. The fourth-order valence-corrected chi connectivity index (χ4v) is 3.57. The highest BCUT2D eigenvalue weighted by Crippen LogP contribution is 2.24. The molecule has 0 saturated carbocycles. The molecule has 1 saturated heterocycles. The molecule has 26 heavy (non-hydrogen) atoms. The Bertz CT molecular complexity index is 645. The Hall–Kier alpha value is -1.38. The molecule has 0 aliphatic carbocycles. The fraction of sp³-hybridized carbons (Fsp3) is 0.632. The Labute approximate surface area is 174 Å². The van der Waals surface area contributed by atoms with Crippen molar-refractivity contribution >= 4 is 35.8 Å². The van der Waals surface area contributed by atoms with E-state index in [0.717, 1.165) is 30.3 Å². The van der Waals surface area contributed by atoms with Gasteiger partial charge in [-0.25, -0.2) is 4.99 Å². The van der Waals surface area contributed by atoms with Crippen molar-refractivity contribution in [2.24, 2.45) is 4.99 Å². The zero-order valence-corrected chi connectivity index (χ0v) is 19.1. The molecule has 1 aliphatic rings. The van der Waals surface area contributed by atoms with Crippen LogP contribution in [0.25, 0.3) is 0 Å². The van der Waals surface area contributed by atoms with Gasteiger partial charge in [0, 0.05) is 25.3 Å². The smallest absolute Gasteiger partial charge is 0.242 e. The third kappa shape index (κ3) is 5.31. The summed E-state index contributed by atoms with van der Waals surface area (Å²) in [5, 5.41) is 3.32. The van der Waals surface area contributed by atoms with Crippen LogP contribution in [0.4, 0.5) is 0 Å². The number of aryl methyl sites for hydroxylation is 1. The third-order valence-corrected chi connectivity index (χ3v) is 4.47. The number of hydrogen-bond acceptors (Lipinski definition) is 3. The van der Waals surface area contributed by atoms with Crippen LogP contribution in [0.1, 0.15) is 45.9 Å². The average Bonchev–Trinajstić information content (AvgIpc) is 2.50. The Balaban J connectivity index is 0.00000338. The van der Waals surface area contributed by atoms with Crippen LogP contribution in [-0.2, 0) is 11.3 Å². The maximum atomic E-state index is 12.7. The van der Waals surface area contributed by atoms with E-state index in [-0.39, 0.29) is 41.5 Å². The van der Waals surface area contributed by atoms with Crippen LogP contribution < -0.4 is 5.32 Å². The number of halogens is 1. The van der Waals surface area contributed by atoms with Gasteiger partial charge in [-0.1, -0.05) is 6.07 Å². The molecule has 0 radical (unpaired) electrons. The number of amides is 1. The Morgan fingerprint density at radius 2 is 2.12 bits per heavy atom. The predicted octanol–water partition coefficient (Wildman–Crippen LogP) is 2.80. The van der Waals surface area contributed by atoms with E-state index >= 15 is 0 Å². The maximum absolute atomic E-state index is 12.7. The third-order valence-electron chi connectivity index (χ3n) is 4.47. The van der Waals surface area contributed by atoms with Crippen LogP contribution in [0, 0.1) is 6.92 Å². The van der Waals surface area contributed by atoms with Crippen molar-refractivity contribution in [2.45, 2.75) is 59.7 Å². The normalized spacial score (nSPS) is 17.3. The zero-order valence-electron chi connectivity index (χ0n) is 16.7. The SMILES string of the molecule is CCNC(=NCc1ncccc1C)N1CC(=O)N(C(C)C)C(C)(C)C1.I. The molecule has 0 spiro atoms. The molecule has 146 valence electrons. The van der Waals surface area contributed by atoms with E-state index in [9.17, 15) is 4.79 Å². The first kappa shape index (κ1) is 22.7. The van der Waals surface area contributed by atoms with Gasteiger partial charge in [-0.2, -0.15) is 0 Å². The maximum Gasteiger partial charge on any atom is 0.242 e. The van der Waals surface area contributed by atoms with Gasteiger partial charge < -0.3 is 15.1 Å². The molecule has 1 amide bonds. The summed E-state index contributed by atoms with van der Waals surface area (Å²) in [6, 6.07) is 4.17. The van der Waals surface area contributed by atoms with Gasteiger partial charge >= 0.3 is 0 Å². The number of aliphatic imine (C=N–C) groups is 1. The van der Waals surface area contributed by atoms with Gasteiger partial charge in [0.15, 0.2) is 5.96 Å². The lowest BCUT2D eigenvalue weighted by Gasteiger charge is -2.49. The zero-order chi connectivity index (χ0) is 18.6. The highest BCUT2D eigenvalue weighted by atomic mass is 127. The van der Waals surface area contributed by atoms with E-state index in [2.05, 4.69) is 42.9 Å². The molecule has 1 aromatic heterocycles. The molecule has 1 aromatic rings. The number of aromatic nitrogens is 1. The number of carbonyl (C=O) groups is 1. The van der Waals surface area contributed by atoms with Gasteiger partial charge in [-0.15, -0.1) is 24.0 Å². The number of nitrogens with one attached hydrogen (secondary N) is 1. The first-order valence-electron chi connectivity index (χ1n) is 9.02. The largest absolute Gasteiger partial charge is 0.356 e. The van der Waals surface area contributed by atoms with Crippen molar-refractivity contribution in [3.63, 3.8) is 0 Å². The number of guanidine groups is 1. The molecular weight excluding hydrogens is 441 g/mol. The van der Waals surface area contributed by atoms with Crippen LogP contribution in [0.3, 0.4) is 0 Å². The van der Waals surface area contributed by atoms with Crippen molar-refractivity contribution in [1.29, 1.82) is 0 Å². The first-order valence-corrected chi connectivity index (χ1v) is 9.02. The molecule has 1 N–H and O–H groups in total. The van der Waals surface area contributed by atoms with Crippen LogP contribution in [0.15, 0.2) is 23.3 Å². The Kier molecular flexibility index (Phi) is 8.30. The second-order valence-electron chi connectivity index (χ2n) is 7.46. The highest BCUT2D eigenvalue weighted by molar-refractivity contribution is 14.0. The lowest BCUT2D eigenvalue weighted by molar-refractivity contribution is -0.145. The summed E-state index contributed by atoms with van der Waals surface area (Å²) in [4.78, 5) is 25.9. The molecule has 0 bridgehead atoms. The van der Waals surface area contributed by atoms with E-state index in [4.69, 9.17) is 4.99 Å². The molecule has 2 rings (SSSR count). The molecule has 1 fully saturated rings. The van der Waals surface area contributed by atoms with E-state index in [0.29, 0.717) is 13.1 Å². The van der Waals surface area contributed by atoms with Crippen molar-refractivity contribution in [3.8, 4) is 0 Å². The first-order chi connectivity index (χ1) is 11.8. The van der Waals surface area contributed by atoms with E-state index in [1.807, 2.05) is 30.9 Å². The van der Waals surface area contributed by atoms with Gasteiger partial charge in [-0.05, 0) is 53.2 Å². The number of hydrogen-bond donors (Lipinski definition) is 1. The summed E-state index contributed by atoms with van der Waals surface area (Å²) < 4.78 is 0. The number of nitrogens with zero attached hydrogens (tertiary/aromatic N) is 4. The lowest BCUT2D eigenvalue weighted by atomic mass is 9.96. The van der Waals surface area contributed by atoms with Crippen molar-refractivity contribution in [3.05, 3.63) is 29.6 Å². The molecule has 2 heterocycles. The van der Waals surface area contributed by atoms with Crippen molar-refractivity contribution in [2.75, 3.05) is 19.6 Å². The summed E-state index contributed by atoms with van der Waals surface area (Å²) in [5.74, 6) is 0.920. The van der Waals surface area contributed by atoms with Gasteiger partial charge in [0.25, 0.3) is 0 Å². The van der Waals surface area contributed by atoms with E-state index < -0.39 is 0 Å². The van der Waals surface area contributed by atoms with Crippen molar-refractivity contribution in [1.82, 2.24) is 20.1 Å². The summed E-state index contributed by atoms with van der Waals surface area (Å²) in [6.07, 6.45) is 1.79. The molecule has 1 aliphatic heterocycles. The number of carbonyl (C=O) groups excluding carboxylic acids is 1. The van der Waals surface area contributed by atoms with Crippen LogP contribution in [-0.4, -0.2) is 57.9 Å². The molecule has 6 nitrogen and oxygen atoms in total. The van der Waals surface area contributed by atoms with Crippen LogP contribution >= 0.6 is 24.0 Å². The minimum absolute atomic E-state index is 0. The van der Waals surface area contributed by atoms with Gasteiger partial charge in [0.1, 0.15) is 0 Å². The second-order valence-corrected chi connectivity index (χ2v) is 7.46. The van der Waals surface area contributed by atoms with Gasteiger partial charge in [0.2, 0.25) is 5.91 Å². The molecule has 0 unspecified atom stereocenters. The number of pyridine rings is 1. The Morgan fingerprint density at radius 1 is 1.42 bits per heavy atom. The Morgan fingerprint density at radius 3 is 2.65 bits per heavy atom. The number of rotatable bonds is 4. The highest BCUT2D eigenvalue weighted by Gasteiger charge is 2.40. The molecular formula is C19H32IN5O. The standard InChI is InChI=1S/C19H31N5O.HI/c1-7-20-18(22-11-16-15(4)9-8-10-21-16)23-12-17(25)24(14(2)3)19(5,6)13-23;/h8-10,14H,7,11-13H2,1-6H3,(H,20,22);1H. The van der Waals surface area contributed by atoms with Gasteiger partial charge in [-0.3, -0.25) is 9.78 Å².